The first-order chi connectivity index (χ1) is 14.6. The predicted octanol–water partition coefficient (Wildman–Crippen LogP) is 3.99. The van der Waals surface area contributed by atoms with E-state index in [1.807, 2.05) is 48.1 Å². The van der Waals surface area contributed by atoms with E-state index in [1.165, 1.54) is 11.6 Å². The third-order valence-corrected chi connectivity index (χ3v) is 4.55. The predicted molar refractivity (Wildman–Crippen MR) is 117 cm³/mol. The van der Waals surface area contributed by atoms with Crippen LogP contribution in [0.3, 0.4) is 0 Å². The third-order valence-electron chi connectivity index (χ3n) is 4.55. The number of anilines is 1. The summed E-state index contributed by atoms with van der Waals surface area (Å²) in [5.74, 6) is 0.582. The van der Waals surface area contributed by atoms with Crippen molar-refractivity contribution < 1.29 is 4.79 Å². The molecule has 4 aromatic rings. The molecule has 4 rings (SSSR count). The zero-order valence-corrected chi connectivity index (χ0v) is 16.8. The van der Waals surface area contributed by atoms with E-state index >= 15 is 0 Å². The van der Waals surface area contributed by atoms with Crippen LogP contribution in [0, 0.1) is 13.8 Å². The highest BCUT2D eigenvalue weighted by Crippen LogP contribution is 2.24. The van der Waals surface area contributed by atoms with Crippen LogP contribution in [0.5, 0.6) is 0 Å². The number of aryl methyl sites for hydroxylation is 2. The molecule has 0 saturated heterocycles. The van der Waals surface area contributed by atoms with Gasteiger partial charge in [0.1, 0.15) is 5.82 Å². The molecule has 2 aromatic heterocycles. The molecule has 0 spiro atoms. The van der Waals surface area contributed by atoms with Crippen LogP contribution in [-0.2, 0) is 11.3 Å². The number of aromatic amines is 1. The fourth-order valence-electron chi connectivity index (χ4n) is 3.06. The molecule has 150 valence electrons. The number of nitrogens with zero attached hydrogens (tertiary/aromatic N) is 4. The Balaban J connectivity index is 1.60. The fourth-order valence-corrected chi connectivity index (χ4v) is 3.06. The van der Waals surface area contributed by atoms with Crippen molar-refractivity contribution in [3.05, 3.63) is 89.4 Å². The van der Waals surface area contributed by atoms with Gasteiger partial charge in [-0.15, -0.1) is 5.10 Å². The molecule has 7 nitrogen and oxygen atoms in total. The lowest BCUT2D eigenvalue weighted by atomic mass is 10.1. The van der Waals surface area contributed by atoms with Crippen molar-refractivity contribution in [2.75, 3.05) is 5.32 Å². The summed E-state index contributed by atoms with van der Waals surface area (Å²) in [4.78, 5) is 16.3. The van der Waals surface area contributed by atoms with Crippen molar-refractivity contribution in [1.82, 2.24) is 25.0 Å². The van der Waals surface area contributed by atoms with Crippen LogP contribution in [0.1, 0.15) is 22.5 Å². The van der Waals surface area contributed by atoms with E-state index in [2.05, 4.69) is 44.8 Å². The minimum atomic E-state index is -0.306. The number of H-pyrrole nitrogens is 1. The van der Waals surface area contributed by atoms with E-state index in [9.17, 15) is 4.79 Å². The summed E-state index contributed by atoms with van der Waals surface area (Å²) in [6.07, 6.45) is 5.18. The molecular formula is C23H22N6O. The summed E-state index contributed by atoms with van der Waals surface area (Å²) in [5, 5.41) is 14.0. The second-order valence-electron chi connectivity index (χ2n) is 7.05. The van der Waals surface area contributed by atoms with E-state index in [1.54, 1.807) is 13.0 Å². The summed E-state index contributed by atoms with van der Waals surface area (Å²) in [6.45, 7) is 4.47. The number of hydrogen-bond acceptors (Lipinski definition) is 4. The van der Waals surface area contributed by atoms with Crippen LogP contribution in [0.2, 0.25) is 0 Å². The number of aromatic nitrogens is 5. The van der Waals surface area contributed by atoms with Crippen molar-refractivity contribution in [2.45, 2.75) is 20.4 Å². The van der Waals surface area contributed by atoms with Crippen molar-refractivity contribution in [2.24, 2.45) is 0 Å². The van der Waals surface area contributed by atoms with Crippen molar-refractivity contribution in [3.63, 3.8) is 0 Å². The van der Waals surface area contributed by atoms with Crippen LogP contribution >= 0.6 is 0 Å². The van der Waals surface area contributed by atoms with Gasteiger partial charge in [-0.05, 0) is 25.5 Å². The molecule has 0 aliphatic heterocycles. The monoisotopic (exact) mass is 398 g/mol. The quantitative estimate of drug-likeness (QED) is 0.481. The Morgan fingerprint density at radius 3 is 2.57 bits per heavy atom. The molecule has 0 aliphatic rings. The first-order valence-electron chi connectivity index (χ1n) is 9.63. The topological polar surface area (TPSA) is 88.5 Å². The third kappa shape index (κ3) is 4.70. The average molecular weight is 398 g/mol. The smallest absolute Gasteiger partial charge is 0.250 e. The lowest BCUT2D eigenvalue weighted by Gasteiger charge is -2.02. The highest BCUT2D eigenvalue weighted by Gasteiger charge is 2.11. The van der Waals surface area contributed by atoms with E-state index in [0.29, 0.717) is 12.4 Å². The fraction of sp³-hybridized carbons (Fsp3) is 0.130. The molecule has 2 N–H and O–H groups in total. The molecule has 30 heavy (non-hydrogen) atoms. The first kappa shape index (κ1) is 19.3. The van der Waals surface area contributed by atoms with Gasteiger partial charge in [0.15, 0.2) is 0 Å². The SMILES string of the molecule is Cc1ccc(-c2nn(Cc3ccccc3)cc2/C=C/C(=O)Nc2n[nH]c(C)n2)cc1. The number of amides is 1. The summed E-state index contributed by atoms with van der Waals surface area (Å²) in [5.41, 5.74) is 5.02. The molecule has 0 radical (unpaired) electrons. The molecule has 0 aliphatic carbocycles. The normalized spacial score (nSPS) is 11.1. The van der Waals surface area contributed by atoms with Gasteiger partial charge in [0, 0.05) is 23.4 Å². The second-order valence-corrected chi connectivity index (χ2v) is 7.05. The highest BCUT2D eigenvalue weighted by molar-refractivity contribution is 6.01. The van der Waals surface area contributed by atoms with Gasteiger partial charge in [-0.3, -0.25) is 19.9 Å². The summed E-state index contributed by atoms with van der Waals surface area (Å²) in [6, 6.07) is 18.3. The Bertz CT molecular complexity index is 1170. The van der Waals surface area contributed by atoms with Crippen LogP contribution < -0.4 is 5.32 Å². The van der Waals surface area contributed by atoms with E-state index in [4.69, 9.17) is 5.10 Å². The lowest BCUT2D eigenvalue weighted by Crippen LogP contribution is -2.09. The van der Waals surface area contributed by atoms with Crippen molar-refractivity contribution >= 4 is 17.9 Å². The van der Waals surface area contributed by atoms with Gasteiger partial charge in [-0.1, -0.05) is 60.2 Å². The summed E-state index contributed by atoms with van der Waals surface area (Å²) in [7, 11) is 0. The zero-order chi connectivity index (χ0) is 20.9. The van der Waals surface area contributed by atoms with Gasteiger partial charge in [0.05, 0.1) is 12.2 Å². The number of hydrogen-bond donors (Lipinski definition) is 2. The Morgan fingerprint density at radius 2 is 1.87 bits per heavy atom. The maximum Gasteiger partial charge on any atom is 0.250 e. The standard InChI is InChI=1S/C23H22N6O/c1-16-8-10-19(11-9-16)22-20(12-13-21(30)25-23-24-17(2)26-27-23)15-29(28-22)14-18-6-4-3-5-7-18/h3-13,15H,14H2,1-2H3,(H2,24,25,26,27,30)/b13-12+. The number of rotatable bonds is 6. The molecule has 0 bridgehead atoms. The van der Waals surface area contributed by atoms with Gasteiger partial charge in [-0.25, -0.2) is 0 Å². The molecule has 0 fully saturated rings. The Labute approximate surface area is 174 Å². The van der Waals surface area contributed by atoms with E-state index < -0.39 is 0 Å². The van der Waals surface area contributed by atoms with Gasteiger partial charge in [-0.2, -0.15) is 10.1 Å². The molecule has 0 unspecified atom stereocenters. The molecule has 1 amide bonds. The first-order valence-corrected chi connectivity index (χ1v) is 9.63. The maximum absolute atomic E-state index is 12.3. The number of benzene rings is 2. The molecule has 7 heteroatoms. The van der Waals surface area contributed by atoms with E-state index in [0.717, 1.165) is 22.4 Å². The van der Waals surface area contributed by atoms with Crippen LogP contribution in [-0.4, -0.2) is 30.9 Å². The second kappa shape index (κ2) is 8.57. The zero-order valence-electron chi connectivity index (χ0n) is 16.8. The van der Waals surface area contributed by atoms with Crippen molar-refractivity contribution in [3.8, 4) is 11.3 Å². The lowest BCUT2D eigenvalue weighted by molar-refractivity contribution is -0.111. The van der Waals surface area contributed by atoms with Crippen LogP contribution in [0.15, 0.2) is 66.9 Å². The Hall–Kier alpha value is -4.00. The molecule has 2 aromatic carbocycles. The average Bonchev–Trinajstić information content (AvgIpc) is 3.33. The number of carbonyl (C=O) groups is 1. The molecular weight excluding hydrogens is 376 g/mol. The summed E-state index contributed by atoms with van der Waals surface area (Å²) >= 11 is 0. The van der Waals surface area contributed by atoms with Gasteiger partial charge in [0.25, 0.3) is 5.91 Å². The van der Waals surface area contributed by atoms with Crippen molar-refractivity contribution in [1.29, 1.82) is 0 Å². The van der Waals surface area contributed by atoms with Gasteiger partial charge >= 0.3 is 0 Å². The Kier molecular flexibility index (Phi) is 5.52. The van der Waals surface area contributed by atoms with Crippen LogP contribution in [0.25, 0.3) is 17.3 Å². The Morgan fingerprint density at radius 1 is 1.10 bits per heavy atom. The minimum absolute atomic E-state index is 0.251. The molecule has 0 saturated carbocycles. The van der Waals surface area contributed by atoms with Crippen LogP contribution in [0.4, 0.5) is 5.95 Å². The molecule has 2 heterocycles. The van der Waals surface area contributed by atoms with E-state index in [-0.39, 0.29) is 11.9 Å². The van der Waals surface area contributed by atoms with Gasteiger partial charge < -0.3 is 0 Å². The number of nitrogens with one attached hydrogen (secondary N) is 2. The minimum Gasteiger partial charge on any atom is -0.290 e. The number of carbonyl (C=O) groups excluding carboxylic acids is 1. The van der Waals surface area contributed by atoms with Gasteiger partial charge in [0.2, 0.25) is 5.95 Å². The maximum atomic E-state index is 12.3. The highest BCUT2D eigenvalue weighted by atomic mass is 16.1. The molecule has 0 atom stereocenters. The largest absolute Gasteiger partial charge is 0.290 e. The summed E-state index contributed by atoms with van der Waals surface area (Å²) < 4.78 is 1.89.